The van der Waals surface area contributed by atoms with E-state index in [4.69, 9.17) is 0 Å². The van der Waals surface area contributed by atoms with Crippen LogP contribution in [-0.4, -0.2) is 26.2 Å². The van der Waals surface area contributed by atoms with Gasteiger partial charge in [0.2, 0.25) is 0 Å². The number of ether oxygens (including phenoxy) is 2. The van der Waals surface area contributed by atoms with Gasteiger partial charge in [-0.25, -0.2) is 0 Å². The van der Waals surface area contributed by atoms with Crippen molar-refractivity contribution in [2.45, 2.75) is 6.42 Å². The van der Waals surface area contributed by atoms with Crippen molar-refractivity contribution in [1.29, 1.82) is 0 Å². The smallest absolute Gasteiger partial charge is 0.320 e. The quantitative estimate of drug-likeness (QED) is 0.596. The first-order chi connectivity index (χ1) is 8.19. The van der Waals surface area contributed by atoms with E-state index in [-0.39, 0.29) is 6.42 Å². The van der Waals surface area contributed by atoms with Gasteiger partial charge in [-0.1, -0.05) is 12.1 Å². The predicted octanol–water partition coefficient (Wildman–Crippen LogP) is 2.11. The van der Waals surface area contributed by atoms with Gasteiger partial charge in [0.25, 0.3) is 0 Å². The highest BCUT2D eigenvalue weighted by Gasteiger charge is 2.26. The highest BCUT2D eigenvalue weighted by molar-refractivity contribution is 7.10. The van der Waals surface area contributed by atoms with Crippen molar-refractivity contribution in [2.75, 3.05) is 14.2 Å². The molecule has 0 aliphatic carbocycles. The Balaban J connectivity index is 2.61. The van der Waals surface area contributed by atoms with Gasteiger partial charge in [-0.3, -0.25) is 9.59 Å². The molecule has 4 nitrogen and oxygen atoms in total. The van der Waals surface area contributed by atoms with Crippen LogP contribution in [0.5, 0.6) is 0 Å². The fourth-order valence-corrected chi connectivity index (χ4v) is 1.93. The zero-order valence-electron chi connectivity index (χ0n) is 9.71. The van der Waals surface area contributed by atoms with Crippen LogP contribution in [0.1, 0.15) is 11.3 Å². The number of methoxy groups -OCH3 is 2. The molecule has 5 heteroatoms. The standard InChI is InChI=1S/C12H14O4S/c1-15-11(13)10(12(14)16-2)7-3-5-9-6-4-8-17-9/h3-6,8,10H,7H2,1-2H3/b5-3+. The molecule has 0 aliphatic heterocycles. The molecule has 0 spiro atoms. The average molecular weight is 254 g/mol. The SMILES string of the molecule is COC(=O)C(C/C=C/c1cccs1)C(=O)OC. The van der Waals surface area contributed by atoms with Crippen LogP contribution in [0.3, 0.4) is 0 Å². The predicted molar refractivity (Wildman–Crippen MR) is 65.5 cm³/mol. The van der Waals surface area contributed by atoms with Gasteiger partial charge < -0.3 is 9.47 Å². The van der Waals surface area contributed by atoms with Crippen molar-refractivity contribution in [3.63, 3.8) is 0 Å². The summed E-state index contributed by atoms with van der Waals surface area (Å²) in [6, 6.07) is 3.88. The molecule has 0 N–H and O–H groups in total. The number of carbonyl (C=O) groups is 2. The largest absolute Gasteiger partial charge is 0.468 e. The Kier molecular flexibility index (Phi) is 5.42. The zero-order chi connectivity index (χ0) is 12.7. The zero-order valence-corrected chi connectivity index (χ0v) is 10.5. The summed E-state index contributed by atoms with van der Waals surface area (Å²) < 4.78 is 9.10. The van der Waals surface area contributed by atoms with E-state index in [9.17, 15) is 9.59 Å². The molecule has 1 aromatic heterocycles. The number of hydrogen-bond donors (Lipinski definition) is 0. The molecular weight excluding hydrogens is 240 g/mol. The molecule has 0 aliphatic rings. The van der Waals surface area contributed by atoms with E-state index in [2.05, 4.69) is 9.47 Å². The second-order valence-corrected chi connectivity index (χ2v) is 4.23. The molecule has 92 valence electrons. The maximum Gasteiger partial charge on any atom is 0.320 e. The third kappa shape index (κ3) is 4.03. The lowest BCUT2D eigenvalue weighted by molar-refractivity contribution is -0.158. The van der Waals surface area contributed by atoms with Crippen LogP contribution < -0.4 is 0 Å². The van der Waals surface area contributed by atoms with Gasteiger partial charge in [0.05, 0.1) is 14.2 Å². The molecule has 0 fully saturated rings. The Morgan fingerprint density at radius 1 is 1.35 bits per heavy atom. The highest BCUT2D eigenvalue weighted by Crippen LogP contribution is 2.14. The molecule has 0 atom stereocenters. The van der Waals surface area contributed by atoms with Gasteiger partial charge in [-0.2, -0.15) is 0 Å². The fraction of sp³-hybridized carbons (Fsp3) is 0.333. The van der Waals surface area contributed by atoms with Crippen molar-refractivity contribution in [3.05, 3.63) is 28.5 Å². The summed E-state index contributed by atoms with van der Waals surface area (Å²) in [5.41, 5.74) is 0. The molecule has 17 heavy (non-hydrogen) atoms. The summed E-state index contributed by atoms with van der Waals surface area (Å²) in [4.78, 5) is 23.8. The monoisotopic (exact) mass is 254 g/mol. The topological polar surface area (TPSA) is 52.6 Å². The molecule has 0 aromatic carbocycles. The van der Waals surface area contributed by atoms with Gasteiger partial charge in [0.1, 0.15) is 0 Å². The van der Waals surface area contributed by atoms with Crippen LogP contribution in [0.2, 0.25) is 0 Å². The molecule has 0 radical (unpaired) electrons. The summed E-state index contributed by atoms with van der Waals surface area (Å²) in [6.45, 7) is 0. The van der Waals surface area contributed by atoms with Crippen LogP contribution in [0, 0.1) is 5.92 Å². The minimum absolute atomic E-state index is 0.275. The molecule has 0 amide bonds. The van der Waals surface area contributed by atoms with E-state index in [1.807, 2.05) is 23.6 Å². The summed E-state index contributed by atoms with van der Waals surface area (Å²) in [6.07, 6.45) is 3.91. The summed E-state index contributed by atoms with van der Waals surface area (Å²) in [5, 5.41) is 1.96. The van der Waals surface area contributed by atoms with E-state index in [1.54, 1.807) is 17.4 Å². The summed E-state index contributed by atoms with van der Waals surface area (Å²) in [7, 11) is 2.50. The molecule has 0 bridgehead atoms. The summed E-state index contributed by atoms with van der Waals surface area (Å²) >= 11 is 1.58. The minimum atomic E-state index is -0.888. The van der Waals surface area contributed by atoms with Gasteiger partial charge in [-0.05, 0) is 23.9 Å². The van der Waals surface area contributed by atoms with E-state index in [0.717, 1.165) is 4.88 Å². The Bertz CT molecular complexity index is 379. The van der Waals surface area contributed by atoms with Crippen molar-refractivity contribution < 1.29 is 19.1 Å². The third-order valence-electron chi connectivity index (χ3n) is 2.17. The first kappa shape index (κ1) is 13.4. The first-order valence-electron chi connectivity index (χ1n) is 5.04. The van der Waals surface area contributed by atoms with Gasteiger partial charge >= 0.3 is 11.9 Å². The number of hydrogen-bond acceptors (Lipinski definition) is 5. The Labute approximate surface area is 104 Å². The Morgan fingerprint density at radius 3 is 2.47 bits per heavy atom. The molecule has 0 unspecified atom stereocenters. The Morgan fingerprint density at radius 2 is 2.00 bits per heavy atom. The van der Waals surface area contributed by atoms with Crippen molar-refractivity contribution in [2.24, 2.45) is 5.92 Å². The number of thiophene rings is 1. The normalized spacial score (nSPS) is 10.8. The fourth-order valence-electron chi connectivity index (χ4n) is 1.28. The highest BCUT2D eigenvalue weighted by atomic mass is 32.1. The lowest BCUT2D eigenvalue weighted by Crippen LogP contribution is -2.25. The molecule has 0 saturated heterocycles. The van der Waals surface area contributed by atoms with Crippen LogP contribution >= 0.6 is 11.3 Å². The van der Waals surface area contributed by atoms with Crippen molar-refractivity contribution >= 4 is 29.4 Å². The minimum Gasteiger partial charge on any atom is -0.468 e. The van der Waals surface area contributed by atoms with Crippen molar-refractivity contribution in [1.82, 2.24) is 0 Å². The van der Waals surface area contributed by atoms with E-state index in [0.29, 0.717) is 0 Å². The van der Waals surface area contributed by atoms with Gasteiger partial charge in [0, 0.05) is 4.88 Å². The molecule has 1 heterocycles. The number of esters is 2. The second kappa shape index (κ2) is 6.85. The number of allylic oxidation sites excluding steroid dienone is 1. The van der Waals surface area contributed by atoms with Crippen LogP contribution in [0.25, 0.3) is 6.08 Å². The van der Waals surface area contributed by atoms with Gasteiger partial charge in [-0.15, -0.1) is 11.3 Å². The molecule has 1 rings (SSSR count). The maximum absolute atomic E-state index is 11.4. The maximum atomic E-state index is 11.4. The lowest BCUT2D eigenvalue weighted by Gasteiger charge is -2.09. The average Bonchev–Trinajstić information content (AvgIpc) is 2.86. The van der Waals surface area contributed by atoms with Crippen molar-refractivity contribution in [3.8, 4) is 0 Å². The van der Waals surface area contributed by atoms with E-state index in [1.165, 1.54) is 14.2 Å². The Hall–Kier alpha value is -1.62. The number of rotatable bonds is 5. The van der Waals surface area contributed by atoms with Crippen LogP contribution in [0.15, 0.2) is 23.6 Å². The van der Waals surface area contributed by atoms with E-state index < -0.39 is 17.9 Å². The van der Waals surface area contributed by atoms with Gasteiger partial charge in [0.15, 0.2) is 5.92 Å². The lowest BCUT2D eigenvalue weighted by atomic mass is 10.1. The van der Waals surface area contributed by atoms with Crippen LogP contribution in [0.4, 0.5) is 0 Å². The third-order valence-corrected chi connectivity index (χ3v) is 3.01. The van der Waals surface area contributed by atoms with E-state index >= 15 is 0 Å². The molecular formula is C12H14O4S. The van der Waals surface area contributed by atoms with Crippen LogP contribution in [-0.2, 0) is 19.1 Å². The summed E-state index contributed by atoms with van der Waals surface area (Å²) in [5.74, 6) is -2.04. The molecule has 1 aromatic rings. The molecule has 0 saturated carbocycles. The second-order valence-electron chi connectivity index (χ2n) is 3.25. The number of carbonyl (C=O) groups excluding carboxylic acids is 2. The first-order valence-corrected chi connectivity index (χ1v) is 5.92.